The third-order valence-corrected chi connectivity index (χ3v) is 10.2. The lowest BCUT2D eigenvalue weighted by atomic mass is 9.93. The van der Waals surface area contributed by atoms with Crippen LogP contribution in [0.3, 0.4) is 0 Å². The van der Waals surface area contributed by atoms with Gasteiger partial charge < -0.3 is 16.0 Å². The number of hydrogen-bond donors (Lipinski definition) is 5. The lowest BCUT2D eigenvalue weighted by Gasteiger charge is -2.23. The third-order valence-electron chi connectivity index (χ3n) is 8.68. The Balaban J connectivity index is 1.30. The van der Waals surface area contributed by atoms with E-state index in [1.54, 1.807) is 12.1 Å². The first-order valence-electron chi connectivity index (χ1n) is 16.9. The molecule has 0 aliphatic carbocycles. The number of amides is 3. The zero-order valence-corrected chi connectivity index (χ0v) is 28.2. The van der Waals surface area contributed by atoms with Crippen molar-refractivity contribution < 1.29 is 14.4 Å². The molecule has 12 heteroatoms. The van der Waals surface area contributed by atoms with Gasteiger partial charge in [-0.15, -0.1) is 0 Å². The highest BCUT2D eigenvalue weighted by atomic mass is 32.2. The molecule has 5 N–H and O–H groups in total. The zero-order valence-electron chi connectivity index (χ0n) is 27.4. The van der Waals surface area contributed by atoms with Crippen molar-refractivity contribution in [1.29, 1.82) is 0 Å². The smallest absolute Gasteiger partial charge is 0.242 e. The summed E-state index contributed by atoms with van der Waals surface area (Å²) in [6.45, 7) is 8.32. The summed E-state index contributed by atoms with van der Waals surface area (Å²) in [5.41, 5.74) is 10.0. The number of hydrogen-bond acceptors (Lipinski definition) is 7. The Hall–Kier alpha value is -2.79. The standard InChI is InChI=1S/C33H54N8O3S/c1-4-25(19-23(2)3)32(43)39-27(20-24-13-15-26(16-14-24)40-41-34)33(44)36-18-10-6-5-9-17-35-30(42)12-8-7-11-29-31-28(21-45-29)37-22-38-31/h13-16,23,25,27-29,31,37-38H,4-12,17-22H2,1-3H3,(H,35,42)(H,36,44)(H,39,43)/t25-,27-,28?,29?,31?/m0/s1. The van der Waals surface area contributed by atoms with Gasteiger partial charge in [-0.2, -0.15) is 11.8 Å². The van der Waals surface area contributed by atoms with Crippen LogP contribution in [0.15, 0.2) is 29.4 Å². The normalized spacial score (nSPS) is 20.2. The van der Waals surface area contributed by atoms with Crippen LogP contribution in [0.4, 0.5) is 5.69 Å². The number of thioether (sulfide) groups is 1. The second-order valence-electron chi connectivity index (χ2n) is 12.7. The van der Waals surface area contributed by atoms with Gasteiger partial charge in [-0.25, -0.2) is 0 Å². The molecule has 11 nitrogen and oxygen atoms in total. The van der Waals surface area contributed by atoms with Gasteiger partial charge in [0.1, 0.15) is 6.04 Å². The van der Waals surface area contributed by atoms with Crippen LogP contribution in [0, 0.1) is 11.8 Å². The van der Waals surface area contributed by atoms with Gasteiger partial charge in [-0.3, -0.25) is 25.0 Å². The summed E-state index contributed by atoms with van der Waals surface area (Å²) < 4.78 is 0. The first kappa shape index (κ1) is 36.7. The van der Waals surface area contributed by atoms with Crippen LogP contribution in [-0.4, -0.2) is 66.6 Å². The van der Waals surface area contributed by atoms with E-state index in [1.807, 2.05) is 19.1 Å². The van der Waals surface area contributed by atoms with Gasteiger partial charge in [0.05, 0.1) is 0 Å². The average molecular weight is 643 g/mol. The van der Waals surface area contributed by atoms with Crippen molar-refractivity contribution in [3.63, 3.8) is 0 Å². The Morgan fingerprint density at radius 2 is 1.73 bits per heavy atom. The van der Waals surface area contributed by atoms with Crippen LogP contribution < -0.4 is 26.6 Å². The minimum Gasteiger partial charge on any atom is -0.356 e. The van der Waals surface area contributed by atoms with Gasteiger partial charge in [0.15, 0.2) is 0 Å². The molecule has 2 fully saturated rings. The van der Waals surface area contributed by atoms with Crippen molar-refractivity contribution in [3.8, 4) is 0 Å². The molecule has 0 saturated carbocycles. The van der Waals surface area contributed by atoms with Gasteiger partial charge >= 0.3 is 0 Å². The molecule has 0 aromatic heterocycles. The molecule has 5 atom stereocenters. The number of rotatable bonds is 21. The Morgan fingerprint density at radius 3 is 2.42 bits per heavy atom. The minimum absolute atomic E-state index is 0.0935. The minimum atomic E-state index is -0.690. The molecule has 1 aromatic rings. The fourth-order valence-electron chi connectivity index (χ4n) is 6.12. The summed E-state index contributed by atoms with van der Waals surface area (Å²) in [5, 5.41) is 20.4. The maximum atomic E-state index is 13.2. The number of fused-ring (bicyclic) bond motifs is 1. The summed E-state index contributed by atoms with van der Waals surface area (Å²) in [6.07, 6.45) is 9.30. The van der Waals surface area contributed by atoms with Crippen LogP contribution in [0.2, 0.25) is 0 Å². The predicted octanol–water partition coefficient (Wildman–Crippen LogP) is 5.08. The number of carbonyl (C=O) groups excluding carboxylic acids is 3. The molecule has 0 radical (unpaired) electrons. The lowest BCUT2D eigenvalue weighted by Crippen LogP contribution is -2.50. The second kappa shape index (κ2) is 20.4. The molecule has 250 valence electrons. The summed E-state index contributed by atoms with van der Waals surface area (Å²) in [6, 6.07) is 7.55. The van der Waals surface area contributed by atoms with E-state index in [9.17, 15) is 14.4 Å². The second-order valence-corrected chi connectivity index (χ2v) is 14.0. The topological polar surface area (TPSA) is 160 Å². The maximum Gasteiger partial charge on any atom is 0.242 e. The van der Waals surface area contributed by atoms with E-state index in [-0.39, 0.29) is 23.6 Å². The van der Waals surface area contributed by atoms with E-state index in [0.717, 1.165) is 63.6 Å². The van der Waals surface area contributed by atoms with Crippen LogP contribution in [0.5, 0.6) is 0 Å². The largest absolute Gasteiger partial charge is 0.356 e. The van der Waals surface area contributed by atoms with E-state index in [0.29, 0.717) is 54.9 Å². The summed E-state index contributed by atoms with van der Waals surface area (Å²) in [5.74, 6) is 1.28. The third kappa shape index (κ3) is 13.2. The Bertz CT molecular complexity index is 1110. The summed E-state index contributed by atoms with van der Waals surface area (Å²) >= 11 is 2.05. The van der Waals surface area contributed by atoms with Crippen molar-refractivity contribution in [3.05, 3.63) is 40.3 Å². The Labute approximate surface area is 273 Å². The molecular weight excluding hydrogens is 588 g/mol. The van der Waals surface area contributed by atoms with Crippen LogP contribution >= 0.6 is 11.8 Å². The molecule has 3 unspecified atom stereocenters. The number of nitrogens with one attached hydrogen (secondary N) is 5. The van der Waals surface area contributed by atoms with Gasteiger partial charge in [0, 0.05) is 72.2 Å². The van der Waals surface area contributed by atoms with Crippen molar-refractivity contribution in [2.24, 2.45) is 17.0 Å². The highest BCUT2D eigenvalue weighted by molar-refractivity contribution is 8.00. The van der Waals surface area contributed by atoms with E-state index in [4.69, 9.17) is 5.53 Å². The molecule has 0 spiro atoms. The first-order chi connectivity index (χ1) is 21.8. The molecule has 3 amide bonds. The fourth-order valence-corrected chi connectivity index (χ4v) is 7.73. The van der Waals surface area contributed by atoms with Gasteiger partial charge in [-0.05, 0) is 55.5 Å². The van der Waals surface area contributed by atoms with Crippen molar-refractivity contribution in [2.75, 3.05) is 25.5 Å². The van der Waals surface area contributed by atoms with Gasteiger partial charge in [-0.1, -0.05) is 69.4 Å². The number of nitrogens with zero attached hydrogens (tertiary/aromatic N) is 3. The quantitative estimate of drug-likeness (QED) is 0.0544. The first-order valence-corrected chi connectivity index (χ1v) is 17.9. The molecule has 2 aliphatic rings. The van der Waals surface area contributed by atoms with Crippen molar-refractivity contribution >= 4 is 35.2 Å². The van der Waals surface area contributed by atoms with Gasteiger partial charge in [0.2, 0.25) is 17.7 Å². The van der Waals surface area contributed by atoms with Crippen LogP contribution in [0.1, 0.15) is 90.5 Å². The molecule has 0 bridgehead atoms. The molecular formula is C33H54N8O3S. The SMILES string of the molecule is CC[C@@H](CC(C)C)C(=O)N[C@@H](Cc1ccc(N=[N+]=[N-])cc1)C(=O)NCCCCCCNC(=O)CCCCC1SCC2NCNC21. The van der Waals surface area contributed by atoms with Crippen molar-refractivity contribution in [1.82, 2.24) is 26.6 Å². The number of azide groups is 1. The number of carbonyl (C=O) groups is 3. The highest BCUT2D eigenvalue weighted by Gasteiger charge is 2.38. The van der Waals surface area contributed by atoms with E-state index < -0.39 is 6.04 Å². The van der Waals surface area contributed by atoms with Gasteiger partial charge in [0.25, 0.3) is 0 Å². The number of unbranched alkanes of at least 4 members (excludes halogenated alkanes) is 4. The Kier molecular flexibility index (Phi) is 16.6. The molecule has 2 saturated heterocycles. The monoisotopic (exact) mass is 642 g/mol. The number of benzene rings is 1. The molecule has 45 heavy (non-hydrogen) atoms. The summed E-state index contributed by atoms with van der Waals surface area (Å²) in [4.78, 5) is 41.3. The molecule has 2 heterocycles. The lowest BCUT2D eigenvalue weighted by molar-refractivity contribution is -0.131. The average Bonchev–Trinajstić information content (AvgIpc) is 3.64. The predicted molar refractivity (Wildman–Crippen MR) is 182 cm³/mol. The van der Waals surface area contributed by atoms with Crippen molar-refractivity contribution in [2.45, 2.75) is 115 Å². The summed E-state index contributed by atoms with van der Waals surface area (Å²) in [7, 11) is 0. The van der Waals surface area contributed by atoms with E-state index in [2.05, 4.69) is 62.2 Å². The zero-order chi connectivity index (χ0) is 32.4. The van der Waals surface area contributed by atoms with E-state index in [1.165, 1.54) is 12.2 Å². The van der Waals surface area contributed by atoms with Crippen LogP contribution in [-0.2, 0) is 20.8 Å². The maximum absolute atomic E-state index is 13.2. The molecule has 2 aliphatic heterocycles. The molecule has 1 aromatic carbocycles. The fraction of sp³-hybridized carbons (Fsp3) is 0.727. The van der Waals surface area contributed by atoms with E-state index >= 15 is 0 Å². The van der Waals surface area contributed by atoms with Crippen LogP contribution in [0.25, 0.3) is 10.4 Å². The highest BCUT2D eigenvalue weighted by Crippen LogP contribution is 2.32. The Morgan fingerprint density at radius 1 is 1.00 bits per heavy atom. The molecule has 3 rings (SSSR count).